The Labute approximate surface area is 212 Å². The first-order valence-electron chi connectivity index (χ1n) is 11.2. The summed E-state index contributed by atoms with van der Waals surface area (Å²) >= 11 is 1.24. The molecule has 0 unspecified atom stereocenters. The third kappa shape index (κ3) is 5.55. The molecule has 0 saturated heterocycles. The number of benzene rings is 3. The minimum Gasteiger partial charge on any atom is -0.485 e. The molecule has 0 fully saturated rings. The number of aromatic nitrogens is 3. The lowest BCUT2D eigenvalue weighted by Crippen LogP contribution is -2.15. The molecule has 1 N–H and O–H groups in total. The van der Waals surface area contributed by atoms with E-state index in [1.54, 1.807) is 13.0 Å². The molecule has 0 aliphatic heterocycles. The van der Waals surface area contributed by atoms with Gasteiger partial charge in [-0.3, -0.25) is 19.5 Å². The van der Waals surface area contributed by atoms with E-state index in [1.165, 1.54) is 30.0 Å². The van der Waals surface area contributed by atoms with Crippen LogP contribution in [0.15, 0.2) is 72.4 Å². The lowest BCUT2D eigenvalue weighted by atomic mass is 10.0. The molecule has 0 aliphatic carbocycles. The predicted octanol–water partition coefficient (Wildman–Crippen LogP) is 5.45. The minimum absolute atomic E-state index is 0.0222. The Morgan fingerprint density at radius 2 is 2.00 bits per heavy atom. The van der Waals surface area contributed by atoms with Gasteiger partial charge in [-0.2, -0.15) is 0 Å². The lowest BCUT2D eigenvalue weighted by Gasteiger charge is -2.12. The van der Waals surface area contributed by atoms with Gasteiger partial charge in [-0.25, -0.2) is 0 Å². The zero-order valence-electron chi connectivity index (χ0n) is 19.9. The van der Waals surface area contributed by atoms with Gasteiger partial charge in [0.25, 0.3) is 5.69 Å². The van der Waals surface area contributed by atoms with Crippen LogP contribution in [0.5, 0.6) is 5.75 Å². The fourth-order valence-corrected chi connectivity index (χ4v) is 4.54. The lowest BCUT2D eigenvalue weighted by molar-refractivity contribution is -0.384. The molecule has 4 rings (SSSR count). The van der Waals surface area contributed by atoms with Crippen LogP contribution in [0, 0.1) is 24.0 Å². The maximum atomic E-state index is 12.5. The number of nitro benzene ring substituents is 1. The smallest absolute Gasteiger partial charge is 0.269 e. The fourth-order valence-electron chi connectivity index (χ4n) is 3.77. The first-order valence-corrected chi connectivity index (χ1v) is 12.2. The monoisotopic (exact) mass is 503 g/mol. The van der Waals surface area contributed by atoms with E-state index in [-0.39, 0.29) is 24.0 Å². The number of nitrogens with one attached hydrogen (secondary N) is 1. The number of ether oxygens (including phenoxy) is 1. The standard InChI is InChI=1S/C26H25N5O4S/c1-4-13-30-24(15-35-23-12-9-19-7-5-6-8-21(19)18(23)3)28-29-26(30)36-16-25(32)27-22-11-10-20(31(33)34)14-17(22)2/h4-12,14H,1,13,15-16H2,2-3H3,(H,27,32). The first-order chi connectivity index (χ1) is 17.4. The summed E-state index contributed by atoms with van der Waals surface area (Å²) in [6, 6.07) is 16.4. The number of allylic oxidation sites excluding steroid dienone is 1. The summed E-state index contributed by atoms with van der Waals surface area (Å²) in [5.74, 6) is 1.23. The number of nitro groups is 1. The van der Waals surface area contributed by atoms with Gasteiger partial charge in [-0.1, -0.05) is 48.2 Å². The van der Waals surface area contributed by atoms with Crippen molar-refractivity contribution in [3.8, 4) is 5.75 Å². The van der Waals surface area contributed by atoms with Crippen molar-refractivity contribution in [2.75, 3.05) is 11.1 Å². The molecule has 0 saturated carbocycles. The molecule has 4 aromatic rings. The number of rotatable bonds is 10. The Balaban J connectivity index is 1.41. The van der Waals surface area contributed by atoms with E-state index in [2.05, 4.69) is 34.2 Å². The summed E-state index contributed by atoms with van der Waals surface area (Å²) in [6.07, 6.45) is 1.73. The number of hydrogen-bond donors (Lipinski definition) is 1. The molecule has 3 aromatic carbocycles. The van der Waals surface area contributed by atoms with E-state index >= 15 is 0 Å². The highest BCUT2D eigenvalue weighted by atomic mass is 32.2. The minimum atomic E-state index is -0.469. The number of amides is 1. The molecular formula is C26H25N5O4S. The van der Waals surface area contributed by atoms with Crippen molar-refractivity contribution in [3.63, 3.8) is 0 Å². The van der Waals surface area contributed by atoms with Crippen molar-refractivity contribution in [3.05, 3.63) is 94.3 Å². The van der Waals surface area contributed by atoms with E-state index in [4.69, 9.17) is 4.74 Å². The number of nitrogens with zero attached hydrogens (tertiary/aromatic N) is 4. The molecule has 1 heterocycles. The average Bonchev–Trinajstić information content (AvgIpc) is 3.25. The Morgan fingerprint density at radius 1 is 1.19 bits per heavy atom. The van der Waals surface area contributed by atoms with Gasteiger partial charge in [0.15, 0.2) is 11.0 Å². The Bertz CT molecular complexity index is 1450. The number of fused-ring (bicyclic) bond motifs is 1. The quantitative estimate of drug-likeness (QED) is 0.132. The molecule has 36 heavy (non-hydrogen) atoms. The largest absolute Gasteiger partial charge is 0.485 e. The number of anilines is 1. The average molecular weight is 504 g/mol. The van der Waals surface area contributed by atoms with Gasteiger partial charge in [0.1, 0.15) is 12.4 Å². The zero-order chi connectivity index (χ0) is 25.7. The van der Waals surface area contributed by atoms with Crippen LogP contribution in [0.2, 0.25) is 0 Å². The second-order valence-electron chi connectivity index (χ2n) is 8.09. The summed E-state index contributed by atoms with van der Waals surface area (Å²) in [4.78, 5) is 23.0. The van der Waals surface area contributed by atoms with Gasteiger partial charge < -0.3 is 10.1 Å². The van der Waals surface area contributed by atoms with Crippen LogP contribution in [-0.4, -0.2) is 31.3 Å². The van der Waals surface area contributed by atoms with Gasteiger partial charge in [0.2, 0.25) is 5.91 Å². The maximum Gasteiger partial charge on any atom is 0.269 e. The molecule has 9 nitrogen and oxygen atoms in total. The van der Waals surface area contributed by atoms with E-state index in [0.717, 1.165) is 22.1 Å². The van der Waals surface area contributed by atoms with Gasteiger partial charge in [0.05, 0.1) is 10.7 Å². The third-order valence-electron chi connectivity index (χ3n) is 5.64. The van der Waals surface area contributed by atoms with Crippen molar-refractivity contribution in [2.24, 2.45) is 0 Å². The molecule has 0 spiro atoms. The fraction of sp³-hybridized carbons (Fsp3) is 0.192. The van der Waals surface area contributed by atoms with Crippen LogP contribution < -0.4 is 10.1 Å². The number of carbonyl (C=O) groups is 1. The van der Waals surface area contributed by atoms with E-state index in [1.807, 2.05) is 35.8 Å². The molecule has 0 radical (unpaired) electrons. The normalized spacial score (nSPS) is 10.8. The second kappa shape index (κ2) is 11.0. The van der Waals surface area contributed by atoms with Gasteiger partial charge in [-0.15, -0.1) is 16.8 Å². The Hall–Kier alpha value is -4.18. The van der Waals surface area contributed by atoms with Gasteiger partial charge >= 0.3 is 0 Å². The molecule has 0 atom stereocenters. The van der Waals surface area contributed by atoms with Crippen molar-refractivity contribution < 1.29 is 14.5 Å². The van der Waals surface area contributed by atoms with Crippen LogP contribution in [0.1, 0.15) is 17.0 Å². The zero-order valence-corrected chi connectivity index (χ0v) is 20.7. The van der Waals surface area contributed by atoms with Crippen LogP contribution in [-0.2, 0) is 17.9 Å². The van der Waals surface area contributed by atoms with Crippen molar-refractivity contribution in [2.45, 2.75) is 32.2 Å². The SMILES string of the molecule is C=CCn1c(COc2ccc3ccccc3c2C)nnc1SCC(=O)Nc1ccc([N+](=O)[O-])cc1C. The molecular weight excluding hydrogens is 478 g/mol. The van der Waals surface area contributed by atoms with E-state index in [0.29, 0.717) is 28.8 Å². The van der Waals surface area contributed by atoms with E-state index < -0.39 is 4.92 Å². The number of hydrogen-bond acceptors (Lipinski definition) is 7. The van der Waals surface area contributed by atoms with Crippen LogP contribution in [0.25, 0.3) is 10.8 Å². The summed E-state index contributed by atoms with van der Waals surface area (Å²) in [5.41, 5.74) is 2.17. The maximum absolute atomic E-state index is 12.5. The first kappa shape index (κ1) is 24.9. The van der Waals surface area contributed by atoms with Gasteiger partial charge in [0, 0.05) is 24.4 Å². The van der Waals surface area contributed by atoms with Crippen molar-refractivity contribution in [1.82, 2.24) is 14.8 Å². The van der Waals surface area contributed by atoms with Crippen LogP contribution in [0.4, 0.5) is 11.4 Å². The Morgan fingerprint density at radius 3 is 2.75 bits per heavy atom. The number of thioether (sulfide) groups is 1. The number of non-ortho nitro benzene ring substituents is 1. The molecule has 0 bridgehead atoms. The summed E-state index contributed by atoms with van der Waals surface area (Å²) in [6.45, 7) is 8.23. The van der Waals surface area contributed by atoms with Gasteiger partial charge in [-0.05, 0) is 47.9 Å². The molecule has 1 amide bonds. The highest BCUT2D eigenvalue weighted by Gasteiger charge is 2.16. The van der Waals surface area contributed by atoms with Crippen molar-refractivity contribution in [1.29, 1.82) is 0 Å². The predicted molar refractivity (Wildman–Crippen MR) is 140 cm³/mol. The number of aryl methyl sites for hydroxylation is 2. The van der Waals surface area contributed by atoms with Crippen LogP contribution >= 0.6 is 11.8 Å². The number of carbonyl (C=O) groups excluding carboxylic acids is 1. The topological polar surface area (TPSA) is 112 Å². The van der Waals surface area contributed by atoms with E-state index in [9.17, 15) is 14.9 Å². The molecule has 0 aliphatic rings. The summed E-state index contributed by atoms with van der Waals surface area (Å²) < 4.78 is 7.94. The third-order valence-corrected chi connectivity index (χ3v) is 6.60. The Kier molecular flexibility index (Phi) is 7.65. The highest BCUT2D eigenvalue weighted by Crippen LogP contribution is 2.28. The molecule has 10 heteroatoms. The molecule has 184 valence electrons. The highest BCUT2D eigenvalue weighted by molar-refractivity contribution is 7.99. The van der Waals surface area contributed by atoms with Crippen molar-refractivity contribution >= 4 is 39.8 Å². The summed E-state index contributed by atoms with van der Waals surface area (Å²) in [7, 11) is 0. The summed E-state index contributed by atoms with van der Waals surface area (Å²) in [5, 5.41) is 25.1. The molecule has 1 aromatic heterocycles. The second-order valence-corrected chi connectivity index (χ2v) is 9.03. The van der Waals surface area contributed by atoms with Crippen LogP contribution in [0.3, 0.4) is 0 Å².